The van der Waals surface area contributed by atoms with Gasteiger partial charge in [-0.15, -0.1) is 0 Å². The Morgan fingerprint density at radius 3 is 2.81 bits per heavy atom. The number of anilines is 1. The molecular weight excluding hydrogens is 202 g/mol. The van der Waals surface area contributed by atoms with Crippen LogP contribution < -0.4 is 5.32 Å². The third-order valence-electron chi connectivity index (χ3n) is 3.96. The summed E-state index contributed by atoms with van der Waals surface area (Å²) in [6.07, 6.45) is 3.78. The Kier molecular flexibility index (Phi) is 2.04. The van der Waals surface area contributed by atoms with Crippen molar-refractivity contribution in [3.8, 4) is 0 Å². The topological polar surface area (TPSA) is 49.3 Å². The molecule has 3 heteroatoms. The Morgan fingerprint density at radius 1 is 1.38 bits per heavy atom. The van der Waals surface area contributed by atoms with Crippen molar-refractivity contribution in [3.63, 3.8) is 0 Å². The zero-order valence-corrected chi connectivity index (χ0v) is 9.12. The lowest BCUT2D eigenvalue weighted by Crippen LogP contribution is -2.37. The number of amides is 1. The molecule has 1 aliphatic carbocycles. The first-order valence-electron chi connectivity index (χ1n) is 5.78. The summed E-state index contributed by atoms with van der Waals surface area (Å²) in [5.74, 6) is 0.0683. The van der Waals surface area contributed by atoms with Crippen molar-refractivity contribution in [2.24, 2.45) is 0 Å². The quantitative estimate of drug-likeness (QED) is 0.790. The van der Waals surface area contributed by atoms with Crippen LogP contribution in [0.1, 0.15) is 30.4 Å². The molecule has 0 aromatic heterocycles. The van der Waals surface area contributed by atoms with Crippen LogP contribution in [0.15, 0.2) is 18.2 Å². The molecule has 0 saturated heterocycles. The van der Waals surface area contributed by atoms with Gasteiger partial charge in [0.15, 0.2) is 0 Å². The Balaban J connectivity index is 1.98. The fourth-order valence-electron chi connectivity index (χ4n) is 2.70. The average Bonchev–Trinajstić information content (AvgIpc) is 2.56. The van der Waals surface area contributed by atoms with E-state index in [4.69, 9.17) is 0 Å². The minimum absolute atomic E-state index is 0.0271. The molecule has 0 radical (unpaired) electrons. The summed E-state index contributed by atoms with van der Waals surface area (Å²) in [6, 6.07) is 6.09. The molecular formula is C13H15NO2. The van der Waals surface area contributed by atoms with Crippen LogP contribution in [0.5, 0.6) is 0 Å². The number of hydrogen-bond acceptors (Lipinski definition) is 2. The lowest BCUT2D eigenvalue weighted by molar-refractivity contribution is -0.115. The van der Waals surface area contributed by atoms with Crippen LogP contribution in [0, 0.1) is 0 Å². The largest absolute Gasteiger partial charge is 0.395 e. The molecule has 0 spiro atoms. The van der Waals surface area contributed by atoms with Crippen molar-refractivity contribution < 1.29 is 9.90 Å². The molecule has 0 atom stereocenters. The minimum atomic E-state index is -0.0271. The molecule has 1 fully saturated rings. The SMILES string of the molecule is O=C1Cc2cc(C3(CO)CCC3)ccc2N1. The minimum Gasteiger partial charge on any atom is -0.395 e. The second-order valence-electron chi connectivity index (χ2n) is 4.89. The summed E-state index contributed by atoms with van der Waals surface area (Å²) in [5.41, 5.74) is 3.17. The van der Waals surface area contributed by atoms with Crippen molar-refractivity contribution >= 4 is 11.6 Å². The standard InChI is InChI=1S/C13H15NO2/c15-8-13(4-1-5-13)10-2-3-11-9(6-10)7-12(16)14-11/h2-3,6,15H,1,4-5,7-8H2,(H,14,16). The number of carbonyl (C=O) groups is 1. The highest BCUT2D eigenvalue weighted by Gasteiger charge is 2.38. The predicted octanol–water partition coefficient (Wildman–Crippen LogP) is 1.60. The molecule has 0 unspecified atom stereocenters. The Morgan fingerprint density at radius 2 is 2.19 bits per heavy atom. The van der Waals surface area contributed by atoms with Crippen LogP contribution in [-0.2, 0) is 16.6 Å². The Bertz CT molecular complexity index is 444. The van der Waals surface area contributed by atoms with Crippen molar-refractivity contribution in [3.05, 3.63) is 29.3 Å². The van der Waals surface area contributed by atoms with Gasteiger partial charge >= 0.3 is 0 Å². The maximum Gasteiger partial charge on any atom is 0.228 e. The van der Waals surface area contributed by atoms with E-state index in [9.17, 15) is 9.90 Å². The number of nitrogens with one attached hydrogen (secondary N) is 1. The van der Waals surface area contributed by atoms with Gasteiger partial charge in [-0.1, -0.05) is 18.6 Å². The smallest absolute Gasteiger partial charge is 0.228 e. The maximum atomic E-state index is 11.3. The molecule has 0 bridgehead atoms. The monoisotopic (exact) mass is 217 g/mol. The van der Waals surface area contributed by atoms with E-state index in [0.717, 1.165) is 24.1 Å². The summed E-state index contributed by atoms with van der Waals surface area (Å²) in [7, 11) is 0. The van der Waals surface area contributed by atoms with Crippen LogP contribution in [0.3, 0.4) is 0 Å². The van der Waals surface area contributed by atoms with E-state index in [1.807, 2.05) is 12.1 Å². The molecule has 1 heterocycles. The normalized spacial score (nSPS) is 21.2. The lowest BCUT2D eigenvalue weighted by Gasteiger charge is -2.41. The van der Waals surface area contributed by atoms with E-state index < -0.39 is 0 Å². The number of aliphatic hydroxyl groups is 1. The highest BCUT2D eigenvalue weighted by atomic mass is 16.3. The van der Waals surface area contributed by atoms with E-state index in [1.165, 1.54) is 12.0 Å². The molecule has 16 heavy (non-hydrogen) atoms. The summed E-state index contributed by atoms with van der Waals surface area (Å²) in [5, 5.41) is 12.3. The van der Waals surface area contributed by atoms with Gasteiger partial charge in [0.1, 0.15) is 0 Å². The summed E-state index contributed by atoms with van der Waals surface area (Å²) in [4.78, 5) is 11.3. The molecule has 1 aromatic rings. The lowest BCUT2D eigenvalue weighted by atomic mass is 9.65. The van der Waals surface area contributed by atoms with E-state index in [0.29, 0.717) is 6.42 Å². The second-order valence-corrected chi connectivity index (χ2v) is 4.89. The molecule has 1 amide bonds. The van der Waals surface area contributed by atoms with Gasteiger partial charge in [0.05, 0.1) is 13.0 Å². The van der Waals surface area contributed by atoms with Crippen LogP contribution in [0.4, 0.5) is 5.69 Å². The highest BCUT2D eigenvalue weighted by Crippen LogP contribution is 2.44. The van der Waals surface area contributed by atoms with Gasteiger partial charge in [0, 0.05) is 11.1 Å². The van der Waals surface area contributed by atoms with Gasteiger partial charge < -0.3 is 10.4 Å². The van der Waals surface area contributed by atoms with E-state index in [1.54, 1.807) is 0 Å². The van der Waals surface area contributed by atoms with E-state index in [2.05, 4.69) is 11.4 Å². The van der Waals surface area contributed by atoms with Crippen LogP contribution in [0.25, 0.3) is 0 Å². The van der Waals surface area contributed by atoms with Crippen molar-refractivity contribution in [1.82, 2.24) is 0 Å². The molecule has 3 nitrogen and oxygen atoms in total. The zero-order valence-electron chi connectivity index (χ0n) is 9.12. The molecule has 1 aromatic carbocycles. The second kappa shape index (κ2) is 3.32. The van der Waals surface area contributed by atoms with Crippen LogP contribution >= 0.6 is 0 Å². The van der Waals surface area contributed by atoms with Gasteiger partial charge in [-0.05, 0) is 30.0 Å². The van der Waals surface area contributed by atoms with Crippen LogP contribution in [-0.4, -0.2) is 17.6 Å². The molecule has 84 valence electrons. The van der Waals surface area contributed by atoms with Crippen molar-refractivity contribution in [2.45, 2.75) is 31.1 Å². The fraction of sp³-hybridized carbons (Fsp3) is 0.462. The average molecular weight is 217 g/mol. The maximum absolute atomic E-state index is 11.3. The fourth-order valence-corrected chi connectivity index (χ4v) is 2.70. The third kappa shape index (κ3) is 1.28. The number of fused-ring (bicyclic) bond motifs is 1. The number of hydrogen-bond donors (Lipinski definition) is 2. The summed E-state index contributed by atoms with van der Waals surface area (Å²) >= 11 is 0. The number of aliphatic hydroxyl groups excluding tert-OH is 1. The van der Waals surface area contributed by atoms with Gasteiger partial charge in [0.25, 0.3) is 0 Å². The van der Waals surface area contributed by atoms with Gasteiger partial charge in [-0.3, -0.25) is 4.79 Å². The van der Waals surface area contributed by atoms with Gasteiger partial charge in [-0.25, -0.2) is 0 Å². The molecule has 3 rings (SSSR count). The van der Waals surface area contributed by atoms with E-state index >= 15 is 0 Å². The highest BCUT2D eigenvalue weighted by molar-refractivity contribution is 5.99. The van der Waals surface area contributed by atoms with Crippen LogP contribution in [0.2, 0.25) is 0 Å². The molecule has 1 aliphatic heterocycles. The van der Waals surface area contributed by atoms with Crippen molar-refractivity contribution in [1.29, 1.82) is 0 Å². The summed E-state index contributed by atoms with van der Waals surface area (Å²) < 4.78 is 0. The first kappa shape index (κ1) is 9.85. The van der Waals surface area contributed by atoms with Gasteiger partial charge in [-0.2, -0.15) is 0 Å². The molecule has 2 N–H and O–H groups in total. The Hall–Kier alpha value is -1.35. The zero-order chi connectivity index (χ0) is 11.2. The van der Waals surface area contributed by atoms with Gasteiger partial charge in [0.2, 0.25) is 5.91 Å². The first-order chi connectivity index (χ1) is 7.73. The first-order valence-corrected chi connectivity index (χ1v) is 5.78. The number of benzene rings is 1. The Labute approximate surface area is 94.5 Å². The predicted molar refractivity (Wildman–Crippen MR) is 61.4 cm³/mol. The molecule has 2 aliphatic rings. The van der Waals surface area contributed by atoms with E-state index in [-0.39, 0.29) is 17.9 Å². The summed E-state index contributed by atoms with van der Waals surface area (Å²) in [6.45, 7) is 0.215. The number of rotatable bonds is 2. The molecule has 1 saturated carbocycles. The third-order valence-corrected chi connectivity index (χ3v) is 3.96. The van der Waals surface area contributed by atoms with Crippen molar-refractivity contribution in [2.75, 3.05) is 11.9 Å². The number of carbonyl (C=O) groups excluding carboxylic acids is 1.